The number of carbonyl (C=O) groups is 1. The molecule has 1 aromatic heterocycles. The molecule has 1 aromatic carbocycles. The topological polar surface area (TPSA) is 45.2 Å². The Morgan fingerprint density at radius 1 is 1.35 bits per heavy atom. The van der Waals surface area contributed by atoms with E-state index < -0.39 is 0 Å². The third-order valence-corrected chi connectivity index (χ3v) is 4.16. The Balaban J connectivity index is 1.57. The Morgan fingerprint density at radius 3 is 3.04 bits per heavy atom. The van der Waals surface area contributed by atoms with Crippen molar-refractivity contribution in [1.82, 2.24) is 15.2 Å². The molecule has 1 amide bonds. The van der Waals surface area contributed by atoms with Gasteiger partial charge in [-0.05, 0) is 48.7 Å². The summed E-state index contributed by atoms with van der Waals surface area (Å²) in [5.74, 6) is -0.243. The summed E-state index contributed by atoms with van der Waals surface area (Å²) in [5.41, 5.74) is 1.92. The predicted molar refractivity (Wildman–Crippen MR) is 86.0 cm³/mol. The number of carbonyl (C=O) groups excluding carboxylic acids is 1. The number of benzene rings is 1. The molecule has 5 heteroatoms. The smallest absolute Gasteiger partial charge is 0.234 e. The molecular weight excluding hydrogens is 293 g/mol. The second-order valence-electron chi connectivity index (χ2n) is 5.82. The van der Waals surface area contributed by atoms with Crippen LogP contribution in [0.15, 0.2) is 48.8 Å². The molecule has 0 radical (unpaired) electrons. The van der Waals surface area contributed by atoms with Gasteiger partial charge >= 0.3 is 0 Å². The van der Waals surface area contributed by atoms with Gasteiger partial charge in [0.05, 0.1) is 6.54 Å². The van der Waals surface area contributed by atoms with Crippen molar-refractivity contribution in [3.05, 3.63) is 65.7 Å². The van der Waals surface area contributed by atoms with Crippen molar-refractivity contribution in [3.8, 4) is 0 Å². The molecule has 3 rings (SSSR count). The average molecular weight is 313 g/mol. The van der Waals surface area contributed by atoms with Crippen LogP contribution < -0.4 is 5.32 Å². The molecule has 1 aliphatic heterocycles. The maximum atomic E-state index is 13.4. The highest BCUT2D eigenvalue weighted by molar-refractivity contribution is 5.78. The summed E-state index contributed by atoms with van der Waals surface area (Å²) < 4.78 is 13.4. The van der Waals surface area contributed by atoms with E-state index in [1.807, 2.05) is 18.2 Å². The van der Waals surface area contributed by atoms with E-state index in [4.69, 9.17) is 0 Å². The van der Waals surface area contributed by atoms with E-state index in [2.05, 4.69) is 15.2 Å². The molecule has 1 N–H and O–H groups in total. The van der Waals surface area contributed by atoms with Gasteiger partial charge in [-0.25, -0.2) is 4.39 Å². The third-order valence-electron chi connectivity index (χ3n) is 4.16. The minimum atomic E-state index is -0.227. The van der Waals surface area contributed by atoms with Crippen LogP contribution in [0.2, 0.25) is 0 Å². The third kappa shape index (κ3) is 4.13. The van der Waals surface area contributed by atoms with Gasteiger partial charge in [0.1, 0.15) is 5.82 Å². The van der Waals surface area contributed by atoms with Crippen LogP contribution >= 0.6 is 0 Å². The number of rotatable bonds is 5. The maximum absolute atomic E-state index is 13.4. The lowest BCUT2D eigenvalue weighted by atomic mass is 10.0. The van der Waals surface area contributed by atoms with Crippen molar-refractivity contribution < 1.29 is 9.18 Å². The van der Waals surface area contributed by atoms with Gasteiger partial charge < -0.3 is 5.32 Å². The molecule has 0 aliphatic carbocycles. The molecule has 1 saturated heterocycles. The molecule has 4 nitrogen and oxygen atoms in total. The number of nitrogens with one attached hydrogen (secondary N) is 1. The van der Waals surface area contributed by atoms with Crippen LogP contribution in [0.1, 0.15) is 30.0 Å². The van der Waals surface area contributed by atoms with Crippen LogP contribution in [0.3, 0.4) is 0 Å². The molecule has 120 valence electrons. The highest BCUT2D eigenvalue weighted by Crippen LogP contribution is 2.31. The van der Waals surface area contributed by atoms with Gasteiger partial charge in [0.25, 0.3) is 0 Å². The van der Waals surface area contributed by atoms with Crippen LogP contribution in [-0.2, 0) is 11.3 Å². The van der Waals surface area contributed by atoms with Gasteiger partial charge in [-0.2, -0.15) is 0 Å². The molecule has 1 fully saturated rings. The normalized spacial score (nSPS) is 18.0. The predicted octanol–water partition coefficient (Wildman–Crippen LogP) is 2.67. The Hall–Kier alpha value is -2.27. The van der Waals surface area contributed by atoms with Crippen LogP contribution in [0, 0.1) is 5.82 Å². The molecule has 1 aliphatic rings. The molecule has 2 heterocycles. The van der Waals surface area contributed by atoms with Crippen molar-refractivity contribution in [2.24, 2.45) is 0 Å². The molecule has 0 bridgehead atoms. The van der Waals surface area contributed by atoms with E-state index >= 15 is 0 Å². The standard InChI is InChI=1S/C18H20FN3O/c19-16-6-1-5-15(10-16)17-7-3-9-22(17)13-18(23)21-12-14-4-2-8-20-11-14/h1-2,4-6,8,10-11,17H,3,7,9,12-13H2,(H,21,23)/t17-/m1/s1. The highest BCUT2D eigenvalue weighted by atomic mass is 19.1. The molecule has 0 saturated carbocycles. The number of hydrogen-bond acceptors (Lipinski definition) is 3. The van der Waals surface area contributed by atoms with Gasteiger partial charge in [0.2, 0.25) is 5.91 Å². The van der Waals surface area contributed by atoms with Crippen LogP contribution in [0.5, 0.6) is 0 Å². The summed E-state index contributed by atoms with van der Waals surface area (Å²) in [4.78, 5) is 18.3. The number of likely N-dealkylation sites (tertiary alicyclic amines) is 1. The van der Waals surface area contributed by atoms with Gasteiger partial charge in [-0.1, -0.05) is 18.2 Å². The van der Waals surface area contributed by atoms with E-state index in [9.17, 15) is 9.18 Å². The molecule has 0 spiro atoms. The minimum absolute atomic E-state index is 0.0165. The summed E-state index contributed by atoms with van der Waals surface area (Å²) in [7, 11) is 0. The van der Waals surface area contributed by atoms with E-state index in [0.29, 0.717) is 13.1 Å². The summed E-state index contributed by atoms with van der Waals surface area (Å²) >= 11 is 0. The van der Waals surface area contributed by atoms with Crippen molar-refractivity contribution in [3.63, 3.8) is 0 Å². The fourth-order valence-electron chi connectivity index (χ4n) is 3.05. The summed E-state index contributed by atoms with van der Waals surface area (Å²) in [6.45, 7) is 1.67. The SMILES string of the molecule is O=C(CN1CCC[C@@H]1c1cccc(F)c1)NCc1cccnc1. The van der Waals surface area contributed by atoms with Crippen molar-refractivity contribution >= 4 is 5.91 Å². The molecule has 0 unspecified atom stereocenters. The van der Waals surface area contributed by atoms with Crippen molar-refractivity contribution in [2.75, 3.05) is 13.1 Å². The maximum Gasteiger partial charge on any atom is 0.234 e. The first-order chi connectivity index (χ1) is 11.2. The van der Waals surface area contributed by atoms with E-state index in [0.717, 1.165) is 30.5 Å². The first-order valence-electron chi connectivity index (χ1n) is 7.87. The second-order valence-corrected chi connectivity index (χ2v) is 5.82. The number of hydrogen-bond donors (Lipinski definition) is 1. The Labute approximate surface area is 135 Å². The lowest BCUT2D eigenvalue weighted by molar-refractivity contribution is -0.122. The molecule has 23 heavy (non-hydrogen) atoms. The summed E-state index contributed by atoms with van der Waals surface area (Å²) in [6.07, 6.45) is 5.43. The number of amides is 1. The van der Waals surface area contributed by atoms with Crippen molar-refractivity contribution in [1.29, 1.82) is 0 Å². The summed E-state index contributed by atoms with van der Waals surface area (Å²) in [6, 6.07) is 10.6. The molecule has 1 atom stereocenters. The second kappa shape index (κ2) is 7.33. The molecular formula is C18H20FN3O. The quantitative estimate of drug-likeness (QED) is 0.923. The van der Waals surface area contributed by atoms with Crippen LogP contribution in [0.4, 0.5) is 4.39 Å². The highest BCUT2D eigenvalue weighted by Gasteiger charge is 2.27. The average Bonchev–Trinajstić information content (AvgIpc) is 3.02. The van der Waals surface area contributed by atoms with Gasteiger partial charge in [-0.15, -0.1) is 0 Å². The van der Waals surface area contributed by atoms with E-state index in [1.165, 1.54) is 6.07 Å². The first kappa shape index (κ1) is 15.6. The zero-order chi connectivity index (χ0) is 16.1. The number of aromatic nitrogens is 1. The largest absolute Gasteiger partial charge is 0.351 e. The number of halogens is 1. The fraction of sp³-hybridized carbons (Fsp3) is 0.333. The number of nitrogens with zero attached hydrogens (tertiary/aromatic N) is 2. The number of pyridine rings is 1. The van der Waals surface area contributed by atoms with Crippen LogP contribution in [0.25, 0.3) is 0 Å². The Bertz CT molecular complexity index is 662. The Morgan fingerprint density at radius 2 is 2.26 bits per heavy atom. The van der Waals surface area contributed by atoms with Gasteiger partial charge in [-0.3, -0.25) is 14.7 Å². The monoisotopic (exact) mass is 313 g/mol. The first-order valence-corrected chi connectivity index (χ1v) is 7.87. The van der Waals surface area contributed by atoms with Crippen molar-refractivity contribution in [2.45, 2.75) is 25.4 Å². The fourth-order valence-corrected chi connectivity index (χ4v) is 3.05. The zero-order valence-electron chi connectivity index (χ0n) is 12.9. The van der Waals surface area contributed by atoms with E-state index in [1.54, 1.807) is 24.5 Å². The van der Waals surface area contributed by atoms with Gasteiger partial charge in [0.15, 0.2) is 0 Å². The van der Waals surface area contributed by atoms with E-state index in [-0.39, 0.29) is 17.8 Å². The minimum Gasteiger partial charge on any atom is -0.351 e. The molecule has 2 aromatic rings. The lowest BCUT2D eigenvalue weighted by Gasteiger charge is -2.24. The van der Waals surface area contributed by atoms with Gasteiger partial charge in [0, 0.05) is 25.0 Å². The van der Waals surface area contributed by atoms with Crippen LogP contribution in [-0.4, -0.2) is 28.9 Å². The Kier molecular flexibility index (Phi) is 4.98. The lowest BCUT2D eigenvalue weighted by Crippen LogP contribution is -2.36. The zero-order valence-corrected chi connectivity index (χ0v) is 12.9. The summed E-state index contributed by atoms with van der Waals surface area (Å²) in [5, 5.41) is 2.91.